The zero-order valence-electron chi connectivity index (χ0n) is 12.6. The monoisotopic (exact) mass is 330 g/mol. The molecule has 0 spiro atoms. The topological polar surface area (TPSA) is 91.1 Å². The fourth-order valence-electron chi connectivity index (χ4n) is 3.00. The summed E-state index contributed by atoms with van der Waals surface area (Å²) >= 11 is 1.60. The van der Waals surface area contributed by atoms with Crippen molar-refractivity contribution in [1.29, 1.82) is 0 Å². The molecule has 4 heterocycles. The fourth-order valence-corrected chi connectivity index (χ4v) is 3.96. The van der Waals surface area contributed by atoms with E-state index in [1.54, 1.807) is 18.1 Å². The molecule has 23 heavy (non-hydrogen) atoms. The molecule has 0 bridgehead atoms. The van der Waals surface area contributed by atoms with Crippen LogP contribution >= 0.6 is 11.8 Å². The lowest BCUT2D eigenvalue weighted by Crippen LogP contribution is -2.35. The van der Waals surface area contributed by atoms with Gasteiger partial charge in [0.1, 0.15) is 17.8 Å². The molecule has 120 valence electrons. The predicted molar refractivity (Wildman–Crippen MR) is 90.9 cm³/mol. The van der Waals surface area contributed by atoms with Crippen molar-refractivity contribution in [3.63, 3.8) is 0 Å². The van der Waals surface area contributed by atoms with Gasteiger partial charge in [-0.15, -0.1) is 11.8 Å². The Labute approximate surface area is 137 Å². The lowest BCUT2D eigenvalue weighted by Gasteiger charge is -2.27. The fraction of sp³-hybridized carbons (Fsp3) is 0.400. The minimum Gasteiger partial charge on any atom is -0.346 e. The van der Waals surface area contributed by atoms with Gasteiger partial charge in [-0.25, -0.2) is 9.97 Å². The van der Waals surface area contributed by atoms with E-state index in [1.807, 2.05) is 28.3 Å². The van der Waals surface area contributed by atoms with Gasteiger partial charge in [0.2, 0.25) is 0 Å². The van der Waals surface area contributed by atoms with Gasteiger partial charge in [-0.2, -0.15) is 0 Å². The van der Waals surface area contributed by atoms with E-state index in [1.165, 1.54) is 0 Å². The number of rotatable bonds is 2. The van der Waals surface area contributed by atoms with Gasteiger partial charge >= 0.3 is 0 Å². The number of hydrogen-bond acceptors (Lipinski definition) is 6. The molecule has 2 aromatic rings. The molecule has 2 aliphatic rings. The largest absolute Gasteiger partial charge is 0.346 e. The van der Waals surface area contributed by atoms with E-state index in [2.05, 4.69) is 15.0 Å². The van der Waals surface area contributed by atoms with Crippen molar-refractivity contribution in [3.05, 3.63) is 29.7 Å². The van der Waals surface area contributed by atoms with Crippen molar-refractivity contribution in [1.82, 2.24) is 19.9 Å². The molecule has 7 nitrogen and oxygen atoms in total. The Bertz CT molecular complexity index is 772. The summed E-state index contributed by atoms with van der Waals surface area (Å²) in [6.07, 6.45) is 6.19. The van der Waals surface area contributed by atoms with E-state index in [-0.39, 0.29) is 11.9 Å². The zero-order chi connectivity index (χ0) is 15.8. The van der Waals surface area contributed by atoms with Crippen LogP contribution in [0.15, 0.2) is 29.7 Å². The summed E-state index contributed by atoms with van der Waals surface area (Å²) in [5, 5.41) is 0.964. The molecular formula is C15H18N6OS. The Hall–Kier alpha value is -2.06. The van der Waals surface area contributed by atoms with Crippen LogP contribution in [0, 0.1) is 0 Å². The van der Waals surface area contributed by atoms with Crippen LogP contribution < -0.4 is 10.6 Å². The summed E-state index contributed by atoms with van der Waals surface area (Å²) in [5.41, 5.74) is 6.72. The number of hydrogen-bond donors (Lipinski definition) is 2. The van der Waals surface area contributed by atoms with Gasteiger partial charge in [-0.3, -0.25) is 4.79 Å². The number of fused-ring (bicyclic) bond motifs is 1. The van der Waals surface area contributed by atoms with Crippen molar-refractivity contribution in [3.8, 4) is 0 Å². The van der Waals surface area contributed by atoms with E-state index in [0.717, 1.165) is 47.0 Å². The molecule has 1 amide bonds. The number of nitrogens with one attached hydrogen (secondary N) is 1. The first-order chi connectivity index (χ1) is 11.2. The number of aromatic nitrogens is 3. The average Bonchev–Trinajstić information content (AvgIpc) is 3.22. The normalized spacial score (nSPS) is 21.8. The minimum atomic E-state index is 0.0759. The quantitative estimate of drug-likeness (QED) is 0.850. The molecule has 1 fully saturated rings. The summed E-state index contributed by atoms with van der Waals surface area (Å²) in [6.45, 7) is 2.21. The Balaban J connectivity index is 1.63. The highest BCUT2D eigenvalue weighted by Gasteiger charge is 2.28. The third kappa shape index (κ3) is 2.68. The molecule has 0 radical (unpaired) electrons. The van der Waals surface area contributed by atoms with Crippen molar-refractivity contribution >= 4 is 34.5 Å². The number of H-pyrrole nitrogens is 1. The van der Waals surface area contributed by atoms with Crippen LogP contribution in [0.25, 0.3) is 11.0 Å². The number of carbonyl (C=O) groups excluding carboxylic acids is 1. The minimum absolute atomic E-state index is 0.0759. The predicted octanol–water partition coefficient (Wildman–Crippen LogP) is 0.912. The second-order valence-corrected chi connectivity index (χ2v) is 6.91. The van der Waals surface area contributed by atoms with Gasteiger partial charge in [-0.1, -0.05) is 0 Å². The van der Waals surface area contributed by atoms with Crippen LogP contribution in [-0.2, 0) is 4.79 Å². The molecule has 3 N–H and O–H groups in total. The molecule has 0 aromatic carbocycles. The van der Waals surface area contributed by atoms with Crippen LogP contribution in [0.2, 0.25) is 0 Å². The first kappa shape index (κ1) is 14.5. The number of amides is 1. The van der Waals surface area contributed by atoms with Gasteiger partial charge in [-0.05, 0) is 12.5 Å². The molecule has 4 rings (SSSR count). The van der Waals surface area contributed by atoms with Crippen molar-refractivity contribution in [2.24, 2.45) is 5.73 Å². The van der Waals surface area contributed by atoms with Crippen LogP contribution in [-0.4, -0.2) is 57.2 Å². The Kier molecular flexibility index (Phi) is 3.70. The third-order valence-electron chi connectivity index (χ3n) is 4.19. The van der Waals surface area contributed by atoms with Crippen molar-refractivity contribution in [2.75, 3.05) is 30.3 Å². The number of nitrogens with two attached hydrogens (primary N) is 1. The highest BCUT2D eigenvalue weighted by Crippen LogP contribution is 2.30. The Morgan fingerprint density at radius 3 is 3.13 bits per heavy atom. The lowest BCUT2D eigenvalue weighted by atomic mass is 10.3. The summed E-state index contributed by atoms with van der Waals surface area (Å²) in [6, 6.07) is 2.06. The van der Waals surface area contributed by atoms with Crippen molar-refractivity contribution in [2.45, 2.75) is 12.5 Å². The SMILES string of the molecule is N[C@@H]1CCN(C(=O)C2=CN(c3ncnc4[nH]ccc34)CCS2)C1. The average molecular weight is 330 g/mol. The third-order valence-corrected chi connectivity index (χ3v) is 5.17. The molecule has 1 saturated heterocycles. The highest BCUT2D eigenvalue weighted by molar-refractivity contribution is 8.04. The molecule has 0 unspecified atom stereocenters. The van der Waals surface area contributed by atoms with Gasteiger partial charge in [0.15, 0.2) is 0 Å². The smallest absolute Gasteiger partial charge is 0.261 e. The van der Waals surface area contributed by atoms with E-state index in [0.29, 0.717) is 6.54 Å². The van der Waals surface area contributed by atoms with E-state index in [9.17, 15) is 4.79 Å². The molecule has 1 atom stereocenters. The van der Waals surface area contributed by atoms with Gasteiger partial charge < -0.3 is 20.5 Å². The number of aromatic amines is 1. The molecule has 8 heteroatoms. The molecule has 2 aromatic heterocycles. The van der Waals surface area contributed by atoms with Crippen LogP contribution in [0.3, 0.4) is 0 Å². The molecule has 0 aliphatic carbocycles. The highest BCUT2D eigenvalue weighted by atomic mass is 32.2. The number of likely N-dealkylation sites (tertiary alicyclic amines) is 1. The number of anilines is 1. The second kappa shape index (κ2) is 5.86. The second-order valence-electron chi connectivity index (χ2n) is 5.77. The van der Waals surface area contributed by atoms with E-state index < -0.39 is 0 Å². The summed E-state index contributed by atoms with van der Waals surface area (Å²) in [5.74, 6) is 1.76. The van der Waals surface area contributed by atoms with Gasteiger partial charge in [0, 0.05) is 43.8 Å². The summed E-state index contributed by atoms with van der Waals surface area (Å²) in [4.78, 5) is 29.0. The lowest BCUT2D eigenvalue weighted by molar-refractivity contribution is -0.125. The number of thioether (sulfide) groups is 1. The van der Waals surface area contributed by atoms with Crippen LogP contribution in [0.5, 0.6) is 0 Å². The van der Waals surface area contributed by atoms with E-state index in [4.69, 9.17) is 5.73 Å². The van der Waals surface area contributed by atoms with E-state index >= 15 is 0 Å². The summed E-state index contributed by atoms with van der Waals surface area (Å²) in [7, 11) is 0. The Morgan fingerprint density at radius 2 is 2.30 bits per heavy atom. The van der Waals surface area contributed by atoms with Crippen molar-refractivity contribution < 1.29 is 4.79 Å². The maximum absolute atomic E-state index is 12.7. The first-order valence-corrected chi connectivity index (χ1v) is 8.65. The molecule has 2 aliphatic heterocycles. The standard InChI is InChI=1S/C15H18N6OS/c16-10-2-4-21(7-10)15(22)12-8-20(5-6-23-12)14-11-1-3-17-13(11)18-9-19-14/h1,3,8-10H,2,4-7,16H2,(H,17,18,19)/t10-/m1/s1. The zero-order valence-corrected chi connectivity index (χ0v) is 13.4. The summed E-state index contributed by atoms with van der Waals surface area (Å²) < 4.78 is 0. The van der Waals surface area contributed by atoms with Crippen LogP contribution in [0.1, 0.15) is 6.42 Å². The van der Waals surface area contributed by atoms with Gasteiger partial charge in [0.25, 0.3) is 5.91 Å². The van der Waals surface area contributed by atoms with Crippen LogP contribution in [0.4, 0.5) is 5.82 Å². The first-order valence-electron chi connectivity index (χ1n) is 7.66. The van der Waals surface area contributed by atoms with Gasteiger partial charge in [0.05, 0.1) is 10.3 Å². The molecular weight excluding hydrogens is 312 g/mol. The Morgan fingerprint density at radius 1 is 1.39 bits per heavy atom. The molecule has 0 saturated carbocycles. The number of nitrogens with zero attached hydrogens (tertiary/aromatic N) is 4. The maximum atomic E-state index is 12.7. The number of carbonyl (C=O) groups is 1. The maximum Gasteiger partial charge on any atom is 0.261 e.